The second-order valence-corrected chi connectivity index (χ2v) is 8.36. The van der Waals surface area contributed by atoms with Gasteiger partial charge in [0.05, 0.1) is 6.61 Å². The maximum absolute atomic E-state index is 5.96. The number of hydrogen-bond donors (Lipinski definition) is 0. The molecule has 0 aliphatic heterocycles. The van der Waals surface area contributed by atoms with Crippen LogP contribution in [0.2, 0.25) is 0 Å². The Kier molecular flexibility index (Phi) is 8.32. The van der Waals surface area contributed by atoms with Crippen LogP contribution >= 0.6 is 0 Å². The van der Waals surface area contributed by atoms with Gasteiger partial charge in [-0.1, -0.05) is 58.8 Å². The maximum atomic E-state index is 5.96. The first-order valence-corrected chi connectivity index (χ1v) is 11.3. The van der Waals surface area contributed by atoms with Crippen LogP contribution in [-0.2, 0) is 6.42 Å². The van der Waals surface area contributed by atoms with Gasteiger partial charge in [-0.3, -0.25) is 0 Å². The van der Waals surface area contributed by atoms with E-state index in [1.807, 2.05) is 24.5 Å². The summed E-state index contributed by atoms with van der Waals surface area (Å²) in [5.41, 5.74) is 2.24. The van der Waals surface area contributed by atoms with E-state index in [2.05, 4.69) is 35.9 Å². The SMILES string of the molecule is CCCc1cnc(-c2ccc(OCCC[C@H]3CC[C@H](CCC)CC3)cc2)nc1. The number of rotatable bonds is 10. The number of aromatic nitrogens is 2. The highest BCUT2D eigenvalue weighted by Gasteiger charge is 2.20. The smallest absolute Gasteiger partial charge is 0.159 e. The van der Waals surface area contributed by atoms with Crippen LogP contribution in [0.4, 0.5) is 0 Å². The van der Waals surface area contributed by atoms with Gasteiger partial charge in [0.1, 0.15) is 5.75 Å². The number of benzene rings is 1. The Bertz CT molecular complexity index is 673. The minimum atomic E-state index is 0.782. The fourth-order valence-corrected chi connectivity index (χ4v) is 4.40. The predicted octanol–water partition coefficient (Wildman–Crippen LogP) is 6.86. The Labute approximate surface area is 171 Å². The van der Waals surface area contributed by atoms with E-state index in [4.69, 9.17) is 4.74 Å². The summed E-state index contributed by atoms with van der Waals surface area (Å²) in [5.74, 6) is 3.65. The van der Waals surface area contributed by atoms with Gasteiger partial charge < -0.3 is 4.74 Å². The van der Waals surface area contributed by atoms with Crippen molar-refractivity contribution in [1.82, 2.24) is 9.97 Å². The first kappa shape index (κ1) is 20.8. The second-order valence-electron chi connectivity index (χ2n) is 8.36. The van der Waals surface area contributed by atoms with Crippen molar-refractivity contribution in [3.8, 4) is 17.1 Å². The van der Waals surface area contributed by atoms with Gasteiger partial charge >= 0.3 is 0 Å². The number of ether oxygens (including phenoxy) is 1. The molecule has 0 atom stereocenters. The van der Waals surface area contributed by atoms with Crippen molar-refractivity contribution in [2.45, 2.75) is 78.1 Å². The summed E-state index contributed by atoms with van der Waals surface area (Å²) in [4.78, 5) is 8.98. The van der Waals surface area contributed by atoms with Crippen LogP contribution in [0.15, 0.2) is 36.7 Å². The molecule has 152 valence electrons. The van der Waals surface area contributed by atoms with Crippen molar-refractivity contribution in [2.24, 2.45) is 11.8 Å². The molecule has 0 amide bonds. The van der Waals surface area contributed by atoms with Crippen molar-refractivity contribution in [3.63, 3.8) is 0 Å². The molecular weight excluding hydrogens is 344 g/mol. The van der Waals surface area contributed by atoms with Crippen LogP contribution in [0, 0.1) is 11.8 Å². The molecule has 0 spiro atoms. The predicted molar refractivity (Wildman–Crippen MR) is 117 cm³/mol. The van der Waals surface area contributed by atoms with Crippen LogP contribution in [0.5, 0.6) is 5.75 Å². The van der Waals surface area contributed by atoms with Gasteiger partial charge in [-0.25, -0.2) is 9.97 Å². The molecule has 0 bridgehead atoms. The van der Waals surface area contributed by atoms with E-state index in [1.54, 1.807) is 0 Å². The summed E-state index contributed by atoms with van der Waals surface area (Å²) in [5, 5.41) is 0. The fraction of sp³-hybridized carbons (Fsp3) is 0.600. The monoisotopic (exact) mass is 380 g/mol. The van der Waals surface area contributed by atoms with Crippen molar-refractivity contribution in [3.05, 3.63) is 42.2 Å². The molecule has 3 heteroatoms. The quantitative estimate of drug-likeness (QED) is 0.422. The van der Waals surface area contributed by atoms with Crippen molar-refractivity contribution < 1.29 is 4.74 Å². The summed E-state index contributed by atoms with van der Waals surface area (Å²) in [7, 11) is 0. The van der Waals surface area contributed by atoms with Crippen LogP contribution in [0.1, 0.15) is 77.2 Å². The van der Waals surface area contributed by atoms with Crippen molar-refractivity contribution in [2.75, 3.05) is 6.61 Å². The summed E-state index contributed by atoms with van der Waals surface area (Å²) < 4.78 is 5.96. The Hall–Kier alpha value is -1.90. The molecule has 1 saturated carbocycles. The number of nitrogens with zero attached hydrogens (tertiary/aromatic N) is 2. The molecule has 0 radical (unpaired) electrons. The molecule has 28 heavy (non-hydrogen) atoms. The number of hydrogen-bond acceptors (Lipinski definition) is 3. The normalized spacial score (nSPS) is 19.5. The molecule has 3 rings (SSSR count). The fourth-order valence-electron chi connectivity index (χ4n) is 4.40. The first-order chi connectivity index (χ1) is 13.8. The summed E-state index contributed by atoms with van der Waals surface area (Å²) >= 11 is 0. The molecule has 1 aliphatic rings. The van der Waals surface area contributed by atoms with Crippen LogP contribution in [0.3, 0.4) is 0 Å². The summed E-state index contributed by atoms with van der Waals surface area (Å²) in [6.07, 6.45) is 17.0. The molecule has 2 aromatic rings. The Morgan fingerprint density at radius 1 is 0.857 bits per heavy atom. The Morgan fingerprint density at radius 2 is 1.50 bits per heavy atom. The molecule has 1 fully saturated rings. The molecule has 3 nitrogen and oxygen atoms in total. The van der Waals surface area contributed by atoms with E-state index in [-0.39, 0.29) is 0 Å². The largest absolute Gasteiger partial charge is 0.494 e. The third-order valence-electron chi connectivity index (χ3n) is 6.05. The Balaban J connectivity index is 1.38. The van der Waals surface area contributed by atoms with Crippen LogP contribution < -0.4 is 4.74 Å². The lowest BCUT2D eigenvalue weighted by molar-refractivity contribution is 0.230. The topological polar surface area (TPSA) is 35.0 Å². The van der Waals surface area contributed by atoms with E-state index >= 15 is 0 Å². The highest BCUT2D eigenvalue weighted by Crippen LogP contribution is 2.33. The summed E-state index contributed by atoms with van der Waals surface area (Å²) in [6, 6.07) is 8.18. The van der Waals surface area contributed by atoms with Crippen molar-refractivity contribution >= 4 is 0 Å². The zero-order valence-corrected chi connectivity index (χ0v) is 17.7. The number of aryl methyl sites for hydroxylation is 1. The standard InChI is InChI=1S/C25H36N2O/c1-3-6-20-9-11-21(12-10-20)8-5-17-28-24-15-13-23(14-16-24)25-26-18-22(7-4-2)19-27-25/h13-16,18-21H,3-12,17H2,1-2H3/t20-,21-. The highest BCUT2D eigenvalue weighted by atomic mass is 16.5. The lowest BCUT2D eigenvalue weighted by atomic mass is 9.78. The van der Waals surface area contributed by atoms with Gasteiger partial charge in [-0.15, -0.1) is 0 Å². The first-order valence-electron chi connectivity index (χ1n) is 11.3. The molecular formula is C25H36N2O. The Morgan fingerprint density at radius 3 is 2.11 bits per heavy atom. The molecule has 0 N–H and O–H groups in total. The lowest BCUT2D eigenvalue weighted by Gasteiger charge is -2.28. The molecule has 1 aromatic carbocycles. The van der Waals surface area contributed by atoms with E-state index < -0.39 is 0 Å². The highest BCUT2D eigenvalue weighted by molar-refractivity contribution is 5.55. The van der Waals surface area contributed by atoms with Gasteiger partial charge in [0.2, 0.25) is 0 Å². The molecule has 1 aromatic heterocycles. The third-order valence-corrected chi connectivity index (χ3v) is 6.05. The average Bonchev–Trinajstić information content (AvgIpc) is 2.74. The van der Waals surface area contributed by atoms with Crippen LogP contribution in [-0.4, -0.2) is 16.6 Å². The van der Waals surface area contributed by atoms with Crippen LogP contribution in [0.25, 0.3) is 11.4 Å². The van der Waals surface area contributed by atoms with Gasteiger partial charge in [-0.05, 0) is 60.9 Å². The minimum Gasteiger partial charge on any atom is -0.494 e. The second kappa shape index (κ2) is 11.2. The van der Waals surface area contributed by atoms with Gasteiger partial charge in [-0.2, -0.15) is 0 Å². The molecule has 1 aliphatic carbocycles. The van der Waals surface area contributed by atoms with Gasteiger partial charge in [0, 0.05) is 18.0 Å². The van der Waals surface area contributed by atoms with Gasteiger partial charge in [0.15, 0.2) is 5.82 Å². The zero-order chi connectivity index (χ0) is 19.6. The van der Waals surface area contributed by atoms with E-state index in [9.17, 15) is 0 Å². The summed E-state index contributed by atoms with van der Waals surface area (Å²) in [6.45, 7) is 5.30. The molecule has 0 unspecified atom stereocenters. The van der Waals surface area contributed by atoms with E-state index in [0.29, 0.717) is 0 Å². The molecule has 0 saturated heterocycles. The van der Waals surface area contributed by atoms with E-state index in [1.165, 1.54) is 50.5 Å². The van der Waals surface area contributed by atoms with Gasteiger partial charge in [0.25, 0.3) is 0 Å². The van der Waals surface area contributed by atoms with Crippen molar-refractivity contribution in [1.29, 1.82) is 0 Å². The molecule has 1 heterocycles. The average molecular weight is 381 g/mol. The van der Waals surface area contributed by atoms with E-state index in [0.717, 1.165) is 54.8 Å². The third kappa shape index (κ3) is 6.32. The minimum absolute atomic E-state index is 0.782. The maximum Gasteiger partial charge on any atom is 0.159 e. The zero-order valence-electron chi connectivity index (χ0n) is 17.7. The lowest BCUT2D eigenvalue weighted by Crippen LogP contribution is -2.15.